The van der Waals surface area contributed by atoms with Crippen molar-refractivity contribution < 1.29 is 26.2 Å². The molecule has 2 aliphatic carbocycles. The minimum absolute atomic E-state index is 0.112. The van der Waals surface area contributed by atoms with E-state index in [1.54, 1.807) is 14.2 Å². The topological polar surface area (TPSA) is 25.4 Å². The summed E-state index contributed by atoms with van der Waals surface area (Å²) in [5, 5.41) is 0. The Morgan fingerprint density at radius 3 is 2.46 bits per heavy atom. The van der Waals surface area contributed by atoms with Gasteiger partial charge in [0.2, 0.25) is 0 Å². The fraction of sp³-hybridized carbons (Fsp3) is 0.700. The molecule has 3 aliphatic rings. The second-order valence-corrected chi connectivity index (χ2v) is 17.8. The molecule has 0 spiro atoms. The molecular weight excluding hydrogens is 563 g/mol. The van der Waals surface area contributed by atoms with Crippen molar-refractivity contribution in [3.63, 3.8) is 0 Å². The molecule has 0 bridgehead atoms. The van der Waals surface area contributed by atoms with E-state index in [4.69, 9.17) is 4.74 Å². The van der Waals surface area contributed by atoms with Gasteiger partial charge in [0.25, 0.3) is 0 Å². The second-order valence-electron chi connectivity index (χ2n) is 13.2. The number of hydrogen-bond acceptors (Lipinski definition) is 4. The van der Waals surface area contributed by atoms with Gasteiger partial charge in [0.05, 0.1) is 0 Å². The predicted molar refractivity (Wildman–Crippen MR) is 145 cm³/mol. The molecule has 5 heteroatoms. The summed E-state index contributed by atoms with van der Waals surface area (Å²) in [7, 11) is 0. The molecule has 196 valence electrons. The number of aryl methyl sites for hydroxylation is 1. The number of aromatic nitrogens is 1. The van der Waals surface area contributed by atoms with Gasteiger partial charge < -0.3 is 0 Å². The van der Waals surface area contributed by atoms with Crippen molar-refractivity contribution in [3.8, 4) is 0 Å². The Morgan fingerprint density at radius 2 is 1.89 bits per heavy atom. The van der Waals surface area contributed by atoms with Crippen molar-refractivity contribution >= 4 is 11.8 Å². The number of halogens is 1. The zero-order chi connectivity index (χ0) is 25.5. The molecule has 0 N–H and O–H groups in total. The third-order valence-electron chi connectivity index (χ3n) is 7.03. The van der Waals surface area contributed by atoms with Gasteiger partial charge in [-0.2, -0.15) is 0 Å². The molecule has 0 saturated heterocycles. The van der Waals surface area contributed by atoms with Crippen LogP contribution < -0.4 is 21.5 Å². The first-order valence-corrected chi connectivity index (χ1v) is 16.3. The van der Waals surface area contributed by atoms with E-state index in [1.807, 2.05) is 6.20 Å². The Morgan fingerprint density at radius 1 is 1.14 bits per heavy atom. The maximum absolute atomic E-state index is 6.49. The Hall–Kier alpha value is -0.530. The summed E-state index contributed by atoms with van der Waals surface area (Å²) in [4.78, 5) is 6.25. The van der Waals surface area contributed by atoms with E-state index in [1.165, 1.54) is 18.4 Å². The van der Waals surface area contributed by atoms with Crippen LogP contribution >= 0.6 is 11.8 Å². The van der Waals surface area contributed by atoms with Gasteiger partial charge in [-0.25, -0.2) is 0 Å². The fourth-order valence-corrected chi connectivity index (χ4v) is 10.9. The van der Waals surface area contributed by atoms with Crippen molar-refractivity contribution in [2.75, 3.05) is 0 Å². The normalized spacial score (nSPS) is 27.0. The Bertz CT molecular complexity index is 954. The average Bonchev–Trinajstić information content (AvgIpc) is 3.48. The molecule has 0 radical (unpaired) electrons. The number of rotatable bonds is 8. The van der Waals surface area contributed by atoms with Crippen LogP contribution in [0.25, 0.3) is 0 Å². The minimum atomic E-state index is -0.112. The first kappa shape index (κ1) is 27.5. The summed E-state index contributed by atoms with van der Waals surface area (Å²) in [5.74, 6) is 2.01. The molecule has 4 rings (SSSR count). The van der Waals surface area contributed by atoms with Crippen LogP contribution in [0.1, 0.15) is 92.3 Å². The van der Waals surface area contributed by atoms with E-state index in [9.17, 15) is 0 Å². The third kappa shape index (κ3) is 7.07. The molecule has 1 aromatic heterocycles. The summed E-state index contributed by atoms with van der Waals surface area (Å²) < 4.78 is 11.4. The van der Waals surface area contributed by atoms with Gasteiger partial charge in [0.1, 0.15) is 0 Å². The number of fused-ring (bicyclic) bond motifs is 1. The third-order valence-corrected chi connectivity index (χ3v) is 11.8. The Labute approximate surface area is 229 Å². The molecule has 3 unspecified atom stereocenters. The van der Waals surface area contributed by atoms with Crippen LogP contribution in [0.5, 0.6) is 0 Å². The van der Waals surface area contributed by atoms with Gasteiger partial charge in [-0.3, -0.25) is 0 Å². The first-order chi connectivity index (χ1) is 16.3. The summed E-state index contributed by atoms with van der Waals surface area (Å²) in [5.41, 5.74) is 4.30. The quantitative estimate of drug-likeness (QED) is 0.302. The van der Waals surface area contributed by atoms with Crippen LogP contribution in [-0.4, -0.2) is 25.0 Å². The van der Waals surface area contributed by atoms with Gasteiger partial charge >= 0.3 is 231 Å². The van der Waals surface area contributed by atoms with Crippen molar-refractivity contribution in [1.82, 2.24) is 8.10 Å². The fourth-order valence-electron chi connectivity index (χ4n) is 5.24. The van der Waals surface area contributed by atoms with Crippen LogP contribution in [0.15, 0.2) is 38.6 Å². The van der Waals surface area contributed by atoms with Gasteiger partial charge in [-0.15, -0.1) is 0 Å². The molecule has 0 aromatic carbocycles. The van der Waals surface area contributed by atoms with Crippen molar-refractivity contribution in [3.05, 3.63) is 49.8 Å². The monoisotopic (exact) mass is 609 g/mol. The number of pyridine rings is 1. The van der Waals surface area contributed by atoms with Gasteiger partial charge in [-0.1, -0.05) is 0 Å². The molecule has 0 amide bonds. The molecule has 1 saturated carbocycles. The second kappa shape index (κ2) is 10.7. The summed E-state index contributed by atoms with van der Waals surface area (Å²) >= 11 is 2.03. The predicted octanol–water partition coefficient (Wildman–Crippen LogP) is 5.11. The van der Waals surface area contributed by atoms with Crippen LogP contribution in [0, 0.1) is 30.1 Å². The van der Waals surface area contributed by atoms with E-state index in [2.05, 4.69) is 100 Å². The van der Waals surface area contributed by atoms with Crippen molar-refractivity contribution in [2.24, 2.45) is 23.2 Å². The molecule has 1 aliphatic heterocycles. The number of hydrogen-bond donors (Lipinski definition) is 0. The van der Waals surface area contributed by atoms with E-state index >= 15 is 0 Å². The zero-order valence-electron chi connectivity index (χ0n) is 23.3. The molecular formula is C30H46IN2OS-. The Kier molecular flexibility index (Phi) is 8.40. The number of nitrogens with zero attached hydrogens (tertiary/aromatic N) is 2. The van der Waals surface area contributed by atoms with Crippen LogP contribution in [0.2, 0.25) is 0 Å². The molecule has 4 atom stereocenters. The SMILES string of the molecule is Cc1ccc(COC2CCC3C(C2)C(SC(C)(C)C)=C(CC(C)C)N3[I-]C2=C[C@H]2C(C)(C)C)nc1. The molecule has 1 aromatic rings. The average molecular weight is 610 g/mol. The Balaban J connectivity index is 1.54. The van der Waals surface area contributed by atoms with E-state index in [0.29, 0.717) is 36.0 Å². The van der Waals surface area contributed by atoms with Crippen molar-refractivity contribution in [1.29, 1.82) is 0 Å². The molecule has 1 fully saturated rings. The van der Waals surface area contributed by atoms with Crippen molar-refractivity contribution in [2.45, 2.75) is 111 Å². The number of ether oxygens (including phenoxy) is 1. The maximum atomic E-state index is 6.49. The number of thioether (sulfide) groups is 1. The van der Waals surface area contributed by atoms with Crippen LogP contribution in [0.4, 0.5) is 0 Å². The van der Waals surface area contributed by atoms with Crippen LogP contribution in [-0.2, 0) is 11.3 Å². The molecule has 3 nitrogen and oxygen atoms in total. The molecule has 2 heterocycles. The summed E-state index contributed by atoms with van der Waals surface area (Å²) in [6.07, 6.45) is 9.63. The van der Waals surface area contributed by atoms with E-state index < -0.39 is 0 Å². The van der Waals surface area contributed by atoms with E-state index in [-0.39, 0.29) is 26.2 Å². The number of allylic oxidation sites excluding steroid dienone is 3. The standard InChI is InChI=1S/C30H46IN2OS/c1-19(2)14-27-28(35-30(7,8)9)23-15-22(34-18-21-11-10-20(3)17-32-21)12-13-26(23)33(27)31-25-16-24(25)29(4,5)6/h10-11,16-17,19,22-24,26H,12-15,18H2,1-9H3/q-1/t22?,23?,24-,26?/m1/s1. The van der Waals surface area contributed by atoms with Gasteiger partial charge in [-0.05, 0) is 0 Å². The summed E-state index contributed by atoms with van der Waals surface area (Å²) in [6, 6.07) is 4.91. The first-order valence-electron chi connectivity index (χ1n) is 13.4. The molecule has 35 heavy (non-hydrogen) atoms. The van der Waals surface area contributed by atoms with Crippen LogP contribution in [0.3, 0.4) is 0 Å². The summed E-state index contributed by atoms with van der Waals surface area (Å²) in [6.45, 7) is 21.8. The zero-order valence-corrected chi connectivity index (χ0v) is 26.3. The van der Waals surface area contributed by atoms with Gasteiger partial charge in [0, 0.05) is 0 Å². The van der Waals surface area contributed by atoms with Gasteiger partial charge in [0.15, 0.2) is 0 Å². The van der Waals surface area contributed by atoms with E-state index in [0.717, 1.165) is 24.5 Å².